The molecule has 2 aromatic rings. The highest BCUT2D eigenvalue weighted by molar-refractivity contribution is 5.31. The van der Waals surface area contributed by atoms with Crippen LogP contribution >= 0.6 is 0 Å². The van der Waals surface area contributed by atoms with Crippen LogP contribution in [-0.4, -0.2) is 18.8 Å². The minimum Gasteiger partial charge on any atom is -0.378 e. The predicted octanol–water partition coefficient (Wildman–Crippen LogP) is 3.93. The van der Waals surface area contributed by atoms with Crippen LogP contribution in [0.4, 0.5) is 0 Å². The minimum absolute atomic E-state index is 0.253. The van der Waals surface area contributed by atoms with Crippen molar-refractivity contribution in [1.82, 2.24) is 5.32 Å². The molecule has 21 heavy (non-hydrogen) atoms. The molecular weight excluding hydrogens is 258 g/mol. The summed E-state index contributed by atoms with van der Waals surface area (Å²) in [6.45, 7) is 3.02. The van der Waals surface area contributed by atoms with E-state index in [0.717, 1.165) is 19.4 Å². The van der Waals surface area contributed by atoms with Crippen molar-refractivity contribution in [2.24, 2.45) is 0 Å². The third kappa shape index (κ3) is 3.72. The molecule has 2 atom stereocenters. The van der Waals surface area contributed by atoms with Crippen LogP contribution in [0.1, 0.15) is 36.9 Å². The quantitative estimate of drug-likeness (QED) is 0.916. The lowest BCUT2D eigenvalue weighted by Gasteiger charge is -2.32. The molecule has 3 rings (SSSR count). The second kappa shape index (κ2) is 6.88. The van der Waals surface area contributed by atoms with E-state index in [0.29, 0.717) is 12.1 Å². The third-order valence-electron chi connectivity index (χ3n) is 4.15. The van der Waals surface area contributed by atoms with Gasteiger partial charge in [-0.2, -0.15) is 0 Å². The molecule has 0 spiro atoms. The smallest absolute Gasteiger partial charge is 0.0578 e. The number of rotatable bonds is 4. The molecule has 1 saturated heterocycles. The summed E-state index contributed by atoms with van der Waals surface area (Å²) in [5.74, 6) is 0. The van der Waals surface area contributed by atoms with E-state index >= 15 is 0 Å². The molecule has 110 valence electrons. The van der Waals surface area contributed by atoms with Crippen molar-refractivity contribution in [1.29, 1.82) is 0 Å². The molecule has 0 saturated carbocycles. The first-order valence-electron chi connectivity index (χ1n) is 7.80. The second-order valence-electron chi connectivity index (χ2n) is 5.82. The van der Waals surface area contributed by atoms with Gasteiger partial charge in [0, 0.05) is 12.6 Å². The van der Waals surface area contributed by atoms with Crippen molar-refractivity contribution in [3.8, 4) is 0 Å². The first-order valence-corrected chi connectivity index (χ1v) is 7.80. The topological polar surface area (TPSA) is 21.3 Å². The fraction of sp³-hybridized carbons (Fsp3) is 0.368. The average Bonchev–Trinajstić information content (AvgIpc) is 2.54. The molecule has 1 aliphatic heterocycles. The zero-order valence-electron chi connectivity index (χ0n) is 12.5. The average molecular weight is 281 g/mol. The normalized spacial score (nSPS) is 22.4. The Morgan fingerprint density at radius 2 is 1.52 bits per heavy atom. The van der Waals surface area contributed by atoms with Crippen LogP contribution in [0.5, 0.6) is 0 Å². The molecule has 1 N–H and O–H groups in total. The lowest BCUT2D eigenvalue weighted by Crippen LogP contribution is -2.40. The molecule has 0 aliphatic carbocycles. The summed E-state index contributed by atoms with van der Waals surface area (Å²) in [6, 6.07) is 22.2. The predicted molar refractivity (Wildman–Crippen MR) is 86.3 cm³/mol. The summed E-state index contributed by atoms with van der Waals surface area (Å²) >= 11 is 0. The van der Waals surface area contributed by atoms with Crippen molar-refractivity contribution in [2.75, 3.05) is 6.61 Å². The molecule has 0 radical (unpaired) electrons. The Kier molecular flexibility index (Phi) is 4.69. The van der Waals surface area contributed by atoms with Gasteiger partial charge < -0.3 is 10.1 Å². The number of benzene rings is 2. The third-order valence-corrected chi connectivity index (χ3v) is 4.15. The molecule has 1 fully saturated rings. The SMILES string of the molecule is CC1CC(NC(c2ccccc2)c2ccccc2)CCO1. The van der Waals surface area contributed by atoms with Gasteiger partial charge in [-0.1, -0.05) is 60.7 Å². The van der Waals surface area contributed by atoms with Gasteiger partial charge >= 0.3 is 0 Å². The van der Waals surface area contributed by atoms with Gasteiger partial charge in [-0.05, 0) is 30.9 Å². The molecule has 2 heteroatoms. The summed E-state index contributed by atoms with van der Waals surface area (Å²) < 4.78 is 5.66. The molecule has 1 heterocycles. The Labute approximate surface area is 127 Å². The van der Waals surface area contributed by atoms with E-state index in [1.807, 2.05) is 0 Å². The first-order chi connectivity index (χ1) is 10.3. The van der Waals surface area contributed by atoms with Gasteiger partial charge in [-0.3, -0.25) is 0 Å². The number of nitrogens with one attached hydrogen (secondary N) is 1. The largest absolute Gasteiger partial charge is 0.378 e. The van der Waals surface area contributed by atoms with Crippen molar-refractivity contribution < 1.29 is 4.74 Å². The minimum atomic E-state index is 0.253. The second-order valence-corrected chi connectivity index (χ2v) is 5.82. The van der Waals surface area contributed by atoms with Gasteiger partial charge in [-0.15, -0.1) is 0 Å². The van der Waals surface area contributed by atoms with E-state index in [4.69, 9.17) is 4.74 Å². The summed E-state index contributed by atoms with van der Waals surface area (Å²) in [7, 11) is 0. The highest BCUT2D eigenvalue weighted by Crippen LogP contribution is 2.25. The van der Waals surface area contributed by atoms with E-state index in [-0.39, 0.29) is 6.04 Å². The maximum Gasteiger partial charge on any atom is 0.0578 e. The van der Waals surface area contributed by atoms with Crippen LogP contribution < -0.4 is 5.32 Å². The van der Waals surface area contributed by atoms with Crippen molar-refractivity contribution >= 4 is 0 Å². The monoisotopic (exact) mass is 281 g/mol. The van der Waals surface area contributed by atoms with Crippen LogP contribution in [0, 0.1) is 0 Å². The Morgan fingerprint density at radius 3 is 2.05 bits per heavy atom. The fourth-order valence-corrected chi connectivity index (χ4v) is 3.06. The molecule has 2 nitrogen and oxygen atoms in total. The van der Waals surface area contributed by atoms with Gasteiger partial charge in [0.1, 0.15) is 0 Å². The summed E-state index contributed by atoms with van der Waals surface area (Å²) in [5.41, 5.74) is 2.64. The Bertz CT molecular complexity index is 501. The standard InChI is InChI=1S/C19H23NO/c1-15-14-18(12-13-21-15)20-19(16-8-4-2-5-9-16)17-10-6-3-7-11-17/h2-11,15,18-20H,12-14H2,1H3. The van der Waals surface area contributed by atoms with E-state index in [1.165, 1.54) is 11.1 Å². The van der Waals surface area contributed by atoms with Gasteiger partial charge in [0.2, 0.25) is 0 Å². The van der Waals surface area contributed by atoms with Crippen LogP contribution in [0.3, 0.4) is 0 Å². The van der Waals surface area contributed by atoms with Gasteiger partial charge in [0.15, 0.2) is 0 Å². The summed E-state index contributed by atoms with van der Waals surface area (Å²) in [6.07, 6.45) is 2.51. The maximum absolute atomic E-state index is 5.66. The van der Waals surface area contributed by atoms with E-state index in [1.54, 1.807) is 0 Å². The summed E-state index contributed by atoms with van der Waals surface area (Å²) in [4.78, 5) is 0. The van der Waals surface area contributed by atoms with Gasteiger partial charge in [-0.25, -0.2) is 0 Å². The zero-order chi connectivity index (χ0) is 14.5. The number of ether oxygens (including phenoxy) is 1. The first kappa shape index (κ1) is 14.3. The Balaban J connectivity index is 1.83. The molecule has 2 aromatic carbocycles. The van der Waals surface area contributed by atoms with E-state index in [2.05, 4.69) is 72.9 Å². The van der Waals surface area contributed by atoms with Crippen molar-refractivity contribution in [3.05, 3.63) is 71.8 Å². The van der Waals surface area contributed by atoms with Crippen molar-refractivity contribution in [3.63, 3.8) is 0 Å². The molecule has 1 aliphatic rings. The van der Waals surface area contributed by atoms with Crippen LogP contribution in [0.15, 0.2) is 60.7 Å². The highest BCUT2D eigenvalue weighted by atomic mass is 16.5. The maximum atomic E-state index is 5.66. The van der Waals surface area contributed by atoms with Crippen molar-refractivity contribution in [2.45, 2.75) is 38.0 Å². The summed E-state index contributed by atoms with van der Waals surface area (Å²) in [5, 5.41) is 3.84. The van der Waals surface area contributed by atoms with E-state index < -0.39 is 0 Å². The molecule has 2 unspecified atom stereocenters. The Hall–Kier alpha value is -1.64. The van der Waals surface area contributed by atoms with Gasteiger partial charge in [0.05, 0.1) is 12.1 Å². The molecule has 0 bridgehead atoms. The van der Waals surface area contributed by atoms with Crippen LogP contribution in [0.2, 0.25) is 0 Å². The lowest BCUT2D eigenvalue weighted by atomic mass is 9.95. The fourth-order valence-electron chi connectivity index (χ4n) is 3.06. The van der Waals surface area contributed by atoms with Gasteiger partial charge in [0.25, 0.3) is 0 Å². The van der Waals surface area contributed by atoms with Crippen LogP contribution in [0.25, 0.3) is 0 Å². The van der Waals surface area contributed by atoms with Crippen LogP contribution in [-0.2, 0) is 4.74 Å². The lowest BCUT2D eigenvalue weighted by molar-refractivity contribution is 0.0120. The number of hydrogen-bond acceptors (Lipinski definition) is 2. The number of hydrogen-bond donors (Lipinski definition) is 1. The highest BCUT2D eigenvalue weighted by Gasteiger charge is 2.23. The molecular formula is C19H23NO. The zero-order valence-corrected chi connectivity index (χ0v) is 12.5. The molecule has 0 aromatic heterocycles. The van der Waals surface area contributed by atoms with E-state index in [9.17, 15) is 0 Å². The Morgan fingerprint density at radius 1 is 0.952 bits per heavy atom. The molecule has 0 amide bonds.